The molecule has 2 aromatic carbocycles. The quantitative estimate of drug-likeness (QED) is 0.593. The first kappa shape index (κ1) is 24.7. The summed E-state index contributed by atoms with van der Waals surface area (Å²) < 4.78 is 5.26. The third kappa shape index (κ3) is 7.84. The molecular formula is C26H34N4O3S. The second kappa shape index (κ2) is 12.9. The molecule has 0 atom stereocenters. The molecule has 0 aliphatic carbocycles. The Morgan fingerprint density at radius 2 is 1.35 bits per heavy atom. The van der Waals surface area contributed by atoms with E-state index in [0.29, 0.717) is 32.1 Å². The van der Waals surface area contributed by atoms with Crippen molar-refractivity contribution in [3.05, 3.63) is 65.7 Å². The van der Waals surface area contributed by atoms with Gasteiger partial charge in [-0.2, -0.15) is 0 Å². The third-order valence-electron chi connectivity index (χ3n) is 6.18. The Morgan fingerprint density at radius 1 is 0.765 bits per heavy atom. The number of piperazine rings is 1. The number of hydrogen-bond acceptors (Lipinski definition) is 6. The molecular weight excluding hydrogens is 448 g/mol. The Balaban J connectivity index is 1.13. The number of ether oxygens (including phenoxy) is 1. The van der Waals surface area contributed by atoms with Crippen molar-refractivity contribution in [3.63, 3.8) is 0 Å². The molecule has 2 heterocycles. The number of morpholine rings is 1. The van der Waals surface area contributed by atoms with Gasteiger partial charge in [0, 0.05) is 58.0 Å². The number of nitrogens with one attached hydrogen (secondary N) is 1. The van der Waals surface area contributed by atoms with Gasteiger partial charge < -0.3 is 15.0 Å². The molecule has 2 aromatic rings. The fourth-order valence-electron chi connectivity index (χ4n) is 4.23. The van der Waals surface area contributed by atoms with Crippen molar-refractivity contribution in [1.82, 2.24) is 14.7 Å². The zero-order valence-corrected chi connectivity index (χ0v) is 20.5. The average Bonchev–Trinajstić information content (AvgIpc) is 2.87. The maximum atomic E-state index is 12.2. The Kier molecular flexibility index (Phi) is 9.38. The maximum Gasteiger partial charge on any atom is 0.234 e. The summed E-state index contributed by atoms with van der Waals surface area (Å²) in [7, 11) is 0. The van der Waals surface area contributed by atoms with Gasteiger partial charge in [0.1, 0.15) is 0 Å². The van der Waals surface area contributed by atoms with Gasteiger partial charge in [-0.1, -0.05) is 42.5 Å². The molecule has 7 nitrogen and oxygen atoms in total. The fraction of sp³-hybridized carbons (Fsp3) is 0.462. The molecule has 2 saturated heterocycles. The van der Waals surface area contributed by atoms with Gasteiger partial charge in [0.05, 0.1) is 24.7 Å². The second-order valence-corrected chi connectivity index (χ2v) is 9.75. The average molecular weight is 483 g/mol. The van der Waals surface area contributed by atoms with Gasteiger partial charge >= 0.3 is 0 Å². The van der Waals surface area contributed by atoms with Crippen LogP contribution in [0.4, 0.5) is 5.69 Å². The second-order valence-electron chi connectivity index (χ2n) is 8.77. The monoisotopic (exact) mass is 482 g/mol. The number of rotatable bonds is 9. The molecule has 2 aliphatic heterocycles. The van der Waals surface area contributed by atoms with Crippen LogP contribution in [0.25, 0.3) is 0 Å². The molecule has 0 spiro atoms. The van der Waals surface area contributed by atoms with Crippen LogP contribution in [-0.2, 0) is 27.4 Å². The van der Waals surface area contributed by atoms with E-state index < -0.39 is 0 Å². The van der Waals surface area contributed by atoms with Crippen LogP contribution in [0.15, 0.2) is 54.6 Å². The van der Waals surface area contributed by atoms with E-state index in [4.69, 9.17) is 4.74 Å². The number of carbonyl (C=O) groups is 2. The molecule has 0 unspecified atom stereocenters. The highest BCUT2D eigenvalue weighted by Crippen LogP contribution is 2.15. The Morgan fingerprint density at radius 3 is 1.97 bits per heavy atom. The number of nitrogens with zero attached hydrogens (tertiary/aromatic N) is 3. The summed E-state index contributed by atoms with van der Waals surface area (Å²) in [4.78, 5) is 31.2. The van der Waals surface area contributed by atoms with Gasteiger partial charge in [-0.05, 0) is 23.3 Å². The molecule has 2 aliphatic rings. The first-order valence-electron chi connectivity index (χ1n) is 12.0. The fourth-order valence-corrected chi connectivity index (χ4v) is 4.95. The Hall–Kier alpha value is -2.39. The number of thioether (sulfide) groups is 1. The molecule has 2 fully saturated rings. The number of anilines is 1. The van der Waals surface area contributed by atoms with E-state index in [1.54, 1.807) is 4.90 Å². The van der Waals surface area contributed by atoms with Crippen LogP contribution in [0, 0.1) is 0 Å². The lowest BCUT2D eigenvalue weighted by Gasteiger charge is -2.34. The summed E-state index contributed by atoms with van der Waals surface area (Å²) >= 11 is 1.35. The van der Waals surface area contributed by atoms with Gasteiger partial charge in [0.15, 0.2) is 0 Å². The molecule has 1 N–H and O–H groups in total. The predicted octanol–water partition coefficient (Wildman–Crippen LogP) is 2.53. The van der Waals surface area contributed by atoms with Crippen LogP contribution >= 0.6 is 11.8 Å². The van der Waals surface area contributed by atoms with E-state index in [1.807, 2.05) is 12.1 Å². The van der Waals surface area contributed by atoms with Crippen molar-refractivity contribution >= 4 is 29.3 Å². The van der Waals surface area contributed by atoms with Crippen LogP contribution in [-0.4, -0.2) is 90.5 Å². The van der Waals surface area contributed by atoms with E-state index in [0.717, 1.165) is 45.0 Å². The molecule has 0 bridgehead atoms. The molecule has 2 amide bonds. The SMILES string of the molecule is O=C(CSCC(=O)N1CCOCC1)Nc1ccc(CN2CCN(Cc3ccccc3)CC2)cc1. The van der Waals surface area contributed by atoms with E-state index in [2.05, 4.69) is 57.6 Å². The number of benzene rings is 2. The standard InChI is InChI=1S/C26H34N4O3S/c31-25(20-34-21-26(32)30-14-16-33-17-15-30)27-24-8-6-23(7-9-24)19-29-12-10-28(11-13-29)18-22-4-2-1-3-5-22/h1-9H,10-21H2,(H,27,31). The van der Waals surface area contributed by atoms with E-state index in [9.17, 15) is 9.59 Å². The van der Waals surface area contributed by atoms with Gasteiger partial charge in [0.2, 0.25) is 11.8 Å². The highest BCUT2D eigenvalue weighted by molar-refractivity contribution is 8.00. The lowest BCUT2D eigenvalue weighted by Crippen LogP contribution is -2.45. The summed E-state index contributed by atoms with van der Waals surface area (Å²) in [6.45, 7) is 8.69. The first-order valence-corrected chi connectivity index (χ1v) is 13.1. The van der Waals surface area contributed by atoms with Gasteiger partial charge in [0.25, 0.3) is 0 Å². The summed E-state index contributed by atoms with van der Waals surface area (Å²) in [5.41, 5.74) is 3.41. The van der Waals surface area contributed by atoms with Crippen LogP contribution in [0.3, 0.4) is 0 Å². The number of hydrogen-bond donors (Lipinski definition) is 1. The van der Waals surface area contributed by atoms with Crippen molar-refractivity contribution in [2.24, 2.45) is 0 Å². The predicted molar refractivity (Wildman–Crippen MR) is 137 cm³/mol. The summed E-state index contributed by atoms with van der Waals surface area (Å²) in [5.74, 6) is 0.587. The van der Waals surface area contributed by atoms with Crippen molar-refractivity contribution in [1.29, 1.82) is 0 Å². The van der Waals surface area contributed by atoms with E-state index in [1.165, 1.54) is 22.9 Å². The largest absolute Gasteiger partial charge is 0.378 e. The van der Waals surface area contributed by atoms with E-state index in [-0.39, 0.29) is 17.6 Å². The van der Waals surface area contributed by atoms with Gasteiger partial charge in [-0.15, -0.1) is 11.8 Å². The molecule has 0 radical (unpaired) electrons. The van der Waals surface area contributed by atoms with Crippen LogP contribution in [0.5, 0.6) is 0 Å². The molecule has 34 heavy (non-hydrogen) atoms. The molecule has 4 rings (SSSR count). The van der Waals surface area contributed by atoms with E-state index >= 15 is 0 Å². The van der Waals surface area contributed by atoms with Crippen LogP contribution in [0.1, 0.15) is 11.1 Å². The summed E-state index contributed by atoms with van der Waals surface area (Å²) in [6, 6.07) is 18.7. The van der Waals surface area contributed by atoms with Crippen molar-refractivity contribution < 1.29 is 14.3 Å². The molecule has 0 aromatic heterocycles. The van der Waals surface area contributed by atoms with Crippen molar-refractivity contribution in [2.45, 2.75) is 13.1 Å². The minimum absolute atomic E-state index is 0.0753. The summed E-state index contributed by atoms with van der Waals surface area (Å²) in [6.07, 6.45) is 0. The Labute approximate surface area is 206 Å². The van der Waals surface area contributed by atoms with Crippen molar-refractivity contribution in [3.8, 4) is 0 Å². The lowest BCUT2D eigenvalue weighted by atomic mass is 10.1. The van der Waals surface area contributed by atoms with Gasteiger partial charge in [-0.25, -0.2) is 0 Å². The number of carbonyl (C=O) groups excluding carboxylic acids is 2. The van der Waals surface area contributed by atoms with Crippen LogP contribution in [0.2, 0.25) is 0 Å². The minimum Gasteiger partial charge on any atom is -0.378 e. The Bertz CT molecular complexity index is 911. The summed E-state index contributed by atoms with van der Waals surface area (Å²) in [5, 5.41) is 2.93. The molecule has 0 saturated carbocycles. The minimum atomic E-state index is -0.0814. The molecule has 182 valence electrons. The zero-order chi connectivity index (χ0) is 23.6. The van der Waals surface area contributed by atoms with Gasteiger partial charge in [-0.3, -0.25) is 19.4 Å². The lowest BCUT2D eigenvalue weighted by molar-refractivity contribution is -0.132. The van der Waals surface area contributed by atoms with Crippen molar-refractivity contribution in [2.75, 3.05) is 69.3 Å². The third-order valence-corrected chi connectivity index (χ3v) is 7.10. The normalized spacial score (nSPS) is 17.5. The molecule has 8 heteroatoms. The highest BCUT2D eigenvalue weighted by atomic mass is 32.2. The zero-order valence-electron chi connectivity index (χ0n) is 19.7. The highest BCUT2D eigenvalue weighted by Gasteiger charge is 2.18. The number of amides is 2. The first-order chi connectivity index (χ1) is 16.7. The van der Waals surface area contributed by atoms with Crippen LogP contribution < -0.4 is 5.32 Å². The smallest absolute Gasteiger partial charge is 0.234 e. The topological polar surface area (TPSA) is 65.1 Å². The maximum absolute atomic E-state index is 12.2.